The SMILES string of the molecule is C=CC(=O)C=Cc1ccc(N)c(OC)c1. The van der Waals surface area contributed by atoms with E-state index in [1.54, 1.807) is 25.3 Å². The van der Waals surface area contributed by atoms with Crippen LogP contribution in [0, 0.1) is 0 Å². The average Bonchev–Trinajstić information content (AvgIpc) is 2.27. The topological polar surface area (TPSA) is 52.3 Å². The van der Waals surface area contributed by atoms with Crippen molar-refractivity contribution in [3.05, 3.63) is 42.5 Å². The summed E-state index contributed by atoms with van der Waals surface area (Å²) < 4.78 is 5.05. The van der Waals surface area contributed by atoms with E-state index >= 15 is 0 Å². The molecule has 1 aromatic rings. The standard InChI is InChI=1S/C12H13NO2/c1-3-10(14)6-4-9-5-7-11(13)12(8-9)15-2/h3-8H,1,13H2,2H3. The maximum absolute atomic E-state index is 10.9. The second-order valence-corrected chi connectivity index (χ2v) is 2.94. The molecule has 0 heterocycles. The molecule has 1 rings (SSSR count). The first-order chi connectivity index (χ1) is 7.17. The van der Waals surface area contributed by atoms with Crippen LogP contribution in [-0.4, -0.2) is 12.9 Å². The van der Waals surface area contributed by atoms with Crippen LogP contribution in [0.1, 0.15) is 5.56 Å². The van der Waals surface area contributed by atoms with E-state index in [9.17, 15) is 4.79 Å². The largest absolute Gasteiger partial charge is 0.495 e. The zero-order valence-corrected chi connectivity index (χ0v) is 8.57. The van der Waals surface area contributed by atoms with Gasteiger partial charge in [-0.15, -0.1) is 0 Å². The first kappa shape index (κ1) is 11.0. The van der Waals surface area contributed by atoms with Crippen molar-refractivity contribution in [1.29, 1.82) is 0 Å². The Morgan fingerprint density at radius 2 is 2.27 bits per heavy atom. The van der Waals surface area contributed by atoms with Crippen LogP contribution in [0.25, 0.3) is 6.08 Å². The van der Waals surface area contributed by atoms with Crippen molar-refractivity contribution in [3.63, 3.8) is 0 Å². The Bertz CT molecular complexity index is 408. The van der Waals surface area contributed by atoms with Gasteiger partial charge in [-0.05, 0) is 29.8 Å². The van der Waals surface area contributed by atoms with E-state index in [0.717, 1.165) is 5.56 Å². The number of carbonyl (C=O) groups is 1. The predicted molar refractivity (Wildman–Crippen MR) is 61.6 cm³/mol. The predicted octanol–water partition coefficient (Wildman–Crippen LogP) is 2.05. The normalized spacial score (nSPS) is 10.2. The van der Waals surface area contributed by atoms with Gasteiger partial charge in [0.2, 0.25) is 0 Å². The van der Waals surface area contributed by atoms with Crippen molar-refractivity contribution in [2.75, 3.05) is 12.8 Å². The van der Waals surface area contributed by atoms with Crippen molar-refractivity contribution >= 4 is 17.5 Å². The Labute approximate surface area is 88.9 Å². The van der Waals surface area contributed by atoms with Crippen molar-refractivity contribution in [2.24, 2.45) is 0 Å². The minimum Gasteiger partial charge on any atom is -0.495 e. The molecule has 0 radical (unpaired) electrons. The molecule has 0 aliphatic heterocycles. The molecule has 0 unspecified atom stereocenters. The third-order valence-corrected chi connectivity index (χ3v) is 1.90. The quantitative estimate of drug-likeness (QED) is 0.601. The third-order valence-electron chi connectivity index (χ3n) is 1.90. The second-order valence-electron chi connectivity index (χ2n) is 2.94. The van der Waals surface area contributed by atoms with Crippen molar-refractivity contribution in [3.8, 4) is 5.75 Å². The van der Waals surface area contributed by atoms with Gasteiger partial charge in [0.1, 0.15) is 5.75 Å². The maximum Gasteiger partial charge on any atom is 0.178 e. The molecular weight excluding hydrogens is 190 g/mol. The van der Waals surface area contributed by atoms with Gasteiger partial charge in [0.05, 0.1) is 12.8 Å². The van der Waals surface area contributed by atoms with Crippen LogP contribution in [0.2, 0.25) is 0 Å². The molecule has 78 valence electrons. The minimum atomic E-state index is -0.134. The Balaban J connectivity index is 2.92. The van der Waals surface area contributed by atoms with Crippen LogP contribution in [0.15, 0.2) is 36.9 Å². The lowest BCUT2D eigenvalue weighted by molar-refractivity contribution is -0.110. The molecule has 0 saturated heterocycles. The molecule has 0 saturated carbocycles. The third kappa shape index (κ3) is 2.98. The van der Waals surface area contributed by atoms with Crippen LogP contribution in [0.3, 0.4) is 0 Å². The van der Waals surface area contributed by atoms with Crippen LogP contribution < -0.4 is 10.5 Å². The fourth-order valence-electron chi connectivity index (χ4n) is 1.08. The van der Waals surface area contributed by atoms with Gasteiger partial charge in [0, 0.05) is 0 Å². The molecule has 3 nitrogen and oxygen atoms in total. The molecule has 0 amide bonds. The molecular formula is C12H13NO2. The number of ether oxygens (including phenoxy) is 1. The molecule has 0 bridgehead atoms. The maximum atomic E-state index is 10.9. The van der Waals surface area contributed by atoms with Crippen molar-refractivity contribution in [2.45, 2.75) is 0 Å². The van der Waals surface area contributed by atoms with Gasteiger partial charge in [0.15, 0.2) is 5.78 Å². The first-order valence-electron chi connectivity index (χ1n) is 4.45. The highest BCUT2D eigenvalue weighted by Crippen LogP contribution is 2.22. The summed E-state index contributed by atoms with van der Waals surface area (Å²) >= 11 is 0. The van der Waals surface area contributed by atoms with Gasteiger partial charge < -0.3 is 10.5 Å². The lowest BCUT2D eigenvalue weighted by Crippen LogP contribution is -1.92. The number of nitrogen functional groups attached to an aromatic ring is 1. The van der Waals surface area contributed by atoms with Gasteiger partial charge in [0.25, 0.3) is 0 Å². The van der Waals surface area contributed by atoms with Crippen LogP contribution >= 0.6 is 0 Å². The molecule has 0 spiro atoms. The summed E-state index contributed by atoms with van der Waals surface area (Å²) in [6.45, 7) is 3.38. The molecule has 1 aromatic carbocycles. The number of carbonyl (C=O) groups excluding carboxylic acids is 1. The Kier molecular flexibility index (Phi) is 3.68. The summed E-state index contributed by atoms with van der Waals surface area (Å²) in [6, 6.07) is 5.31. The molecule has 0 aromatic heterocycles. The summed E-state index contributed by atoms with van der Waals surface area (Å²) in [5.74, 6) is 0.467. The Morgan fingerprint density at radius 1 is 1.53 bits per heavy atom. The lowest BCUT2D eigenvalue weighted by atomic mass is 10.1. The highest BCUT2D eigenvalue weighted by Gasteiger charge is 1.98. The highest BCUT2D eigenvalue weighted by molar-refractivity contribution is 6.01. The fraction of sp³-hybridized carbons (Fsp3) is 0.0833. The summed E-state index contributed by atoms with van der Waals surface area (Å²) in [4.78, 5) is 10.9. The van der Waals surface area contributed by atoms with Gasteiger partial charge in [-0.25, -0.2) is 0 Å². The summed E-state index contributed by atoms with van der Waals surface area (Å²) in [5.41, 5.74) is 7.08. The smallest absolute Gasteiger partial charge is 0.178 e. The molecule has 0 fully saturated rings. The minimum absolute atomic E-state index is 0.134. The van der Waals surface area contributed by atoms with Gasteiger partial charge in [-0.1, -0.05) is 18.7 Å². The number of anilines is 1. The van der Waals surface area contributed by atoms with Crippen molar-refractivity contribution in [1.82, 2.24) is 0 Å². The van der Waals surface area contributed by atoms with Gasteiger partial charge >= 0.3 is 0 Å². The number of nitrogens with two attached hydrogens (primary N) is 1. The molecule has 3 heteroatoms. The van der Waals surface area contributed by atoms with E-state index in [1.165, 1.54) is 12.2 Å². The van der Waals surface area contributed by atoms with Gasteiger partial charge in [-0.2, -0.15) is 0 Å². The zero-order valence-electron chi connectivity index (χ0n) is 8.57. The molecule has 15 heavy (non-hydrogen) atoms. The number of hydrogen-bond acceptors (Lipinski definition) is 3. The average molecular weight is 203 g/mol. The number of rotatable bonds is 4. The first-order valence-corrected chi connectivity index (χ1v) is 4.45. The number of hydrogen-bond donors (Lipinski definition) is 1. The fourth-order valence-corrected chi connectivity index (χ4v) is 1.08. The van der Waals surface area contributed by atoms with Crippen LogP contribution in [0.4, 0.5) is 5.69 Å². The summed E-state index contributed by atoms with van der Waals surface area (Å²) in [7, 11) is 1.55. The monoisotopic (exact) mass is 203 g/mol. The molecule has 2 N–H and O–H groups in total. The van der Waals surface area contributed by atoms with E-state index in [4.69, 9.17) is 10.5 Å². The number of allylic oxidation sites excluding steroid dienone is 2. The van der Waals surface area contributed by atoms with E-state index in [-0.39, 0.29) is 5.78 Å². The summed E-state index contributed by atoms with van der Waals surface area (Å²) in [5, 5.41) is 0. The Morgan fingerprint density at radius 3 is 2.87 bits per heavy atom. The van der Waals surface area contributed by atoms with E-state index in [2.05, 4.69) is 6.58 Å². The number of methoxy groups -OCH3 is 1. The molecule has 0 aliphatic carbocycles. The van der Waals surface area contributed by atoms with Crippen LogP contribution in [-0.2, 0) is 4.79 Å². The number of benzene rings is 1. The summed E-state index contributed by atoms with van der Waals surface area (Å²) in [6.07, 6.45) is 4.38. The zero-order chi connectivity index (χ0) is 11.3. The van der Waals surface area contributed by atoms with Gasteiger partial charge in [-0.3, -0.25) is 4.79 Å². The van der Waals surface area contributed by atoms with E-state index < -0.39 is 0 Å². The van der Waals surface area contributed by atoms with Crippen LogP contribution in [0.5, 0.6) is 5.75 Å². The second kappa shape index (κ2) is 5.00. The van der Waals surface area contributed by atoms with Crippen molar-refractivity contribution < 1.29 is 9.53 Å². The molecule has 0 atom stereocenters. The number of ketones is 1. The van der Waals surface area contributed by atoms with E-state index in [0.29, 0.717) is 11.4 Å². The lowest BCUT2D eigenvalue weighted by Gasteiger charge is -2.04. The molecule has 0 aliphatic rings. The van der Waals surface area contributed by atoms with E-state index in [1.807, 2.05) is 6.07 Å². The Hall–Kier alpha value is -2.03. The highest BCUT2D eigenvalue weighted by atomic mass is 16.5.